The summed E-state index contributed by atoms with van der Waals surface area (Å²) in [6, 6.07) is 24.4. The van der Waals surface area contributed by atoms with Gasteiger partial charge in [0.05, 0.1) is 0 Å². The maximum Gasteiger partial charge on any atom is 0.265 e. The van der Waals surface area contributed by atoms with Gasteiger partial charge in [0.15, 0.2) is 6.10 Å². The van der Waals surface area contributed by atoms with Crippen LogP contribution in [0.4, 0.5) is 5.69 Å². The van der Waals surface area contributed by atoms with Gasteiger partial charge in [-0.2, -0.15) is 0 Å². The van der Waals surface area contributed by atoms with Crippen LogP contribution in [0.3, 0.4) is 0 Å². The van der Waals surface area contributed by atoms with Crippen LogP contribution < -0.4 is 19.5 Å². The first-order valence-corrected chi connectivity index (χ1v) is 9.55. The van der Waals surface area contributed by atoms with Gasteiger partial charge in [-0.05, 0) is 62.4 Å². The highest BCUT2D eigenvalue weighted by atomic mass is 16.5. The lowest BCUT2D eigenvalue weighted by Crippen LogP contribution is -2.30. The quantitative estimate of drug-likeness (QED) is 0.529. The fourth-order valence-electron chi connectivity index (χ4n) is 2.59. The molecule has 0 bridgehead atoms. The number of hydrogen-bond acceptors (Lipinski definition) is 4. The minimum Gasteiger partial charge on any atom is -0.490 e. The highest BCUT2D eigenvalue weighted by molar-refractivity contribution is 5.94. The highest BCUT2D eigenvalue weighted by Gasteiger charge is 2.14. The highest BCUT2D eigenvalue weighted by Crippen LogP contribution is 2.18. The molecule has 0 saturated carbocycles. The molecule has 0 aliphatic rings. The second kappa shape index (κ2) is 10.2. The molecule has 0 aromatic heterocycles. The number of rotatable bonds is 9. The number of carbonyl (C=O) groups is 1. The number of aryl methyl sites for hydroxylation is 1. The van der Waals surface area contributed by atoms with E-state index in [2.05, 4.69) is 5.32 Å². The molecule has 1 atom stereocenters. The maximum atomic E-state index is 12.3. The van der Waals surface area contributed by atoms with E-state index in [1.165, 1.54) is 0 Å². The van der Waals surface area contributed by atoms with E-state index in [1.54, 1.807) is 19.1 Å². The molecule has 5 heteroatoms. The van der Waals surface area contributed by atoms with E-state index in [1.807, 2.05) is 73.7 Å². The van der Waals surface area contributed by atoms with Gasteiger partial charge >= 0.3 is 0 Å². The molecule has 3 aromatic carbocycles. The number of nitrogens with one attached hydrogen (secondary N) is 1. The SMILES string of the molecule is Cc1ccc(OC(C)C(=O)Nc2ccc(OCCOc3ccccc3)cc2)cc1. The van der Waals surface area contributed by atoms with Gasteiger partial charge in [0.25, 0.3) is 5.91 Å². The largest absolute Gasteiger partial charge is 0.490 e. The van der Waals surface area contributed by atoms with Gasteiger partial charge in [0.2, 0.25) is 0 Å². The second-order valence-corrected chi connectivity index (χ2v) is 6.60. The van der Waals surface area contributed by atoms with Gasteiger partial charge in [-0.1, -0.05) is 35.9 Å². The van der Waals surface area contributed by atoms with E-state index >= 15 is 0 Å². The summed E-state index contributed by atoms with van der Waals surface area (Å²) < 4.78 is 16.9. The van der Waals surface area contributed by atoms with Gasteiger partial charge < -0.3 is 19.5 Å². The summed E-state index contributed by atoms with van der Waals surface area (Å²) in [6.45, 7) is 4.61. The summed E-state index contributed by atoms with van der Waals surface area (Å²) in [5.41, 5.74) is 1.82. The zero-order chi connectivity index (χ0) is 20.5. The van der Waals surface area contributed by atoms with Crippen LogP contribution in [0.15, 0.2) is 78.9 Å². The molecule has 1 amide bonds. The Balaban J connectivity index is 1.42. The summed E-state index contributed by atoms with van der Waals surface area (Å²) in [4.78, 5) is 12.3. The average molecular weight is 391 g/mol. The molecule has 3 rings (SSSR count). The molecule has 0 fully saturated rings. The Hall–Kier alpha value is -3.47. The fraction of sp³-hybridized carbons (Fsp3) is 0.208. The number of amides is 1. The summed E-state index contributed by atoms with van der Waals surface area (Å²) in [7, 11) is 0. The Kier molecular flexibility index (Phi) is 7.11. The van der Waals surface area contributed by atoms with Crippen molar-refractivity contribution >= 4 is 11.6 Å². The molecular weight excluding hydrogens is 366 g/mol. The van der Waals surface area contributed by atoms with Gasteiger partial charge in [-0.15, -0.1) is 0 Å². The monoisotopic (exact) mass is 391 g/mol. The van der Waals surface area contributed by atoms with Gasteiger partial charge in [0.1, 0.15) is 30.5 Å². The molecule has 5 nitrogen and oxygen atoms in total. The van der Waals surface area contributed by atoms with Crippen LogP contribution in [0, 0.1) is 6.92 Å². The van der Waals surface area contributed by atoms with Crippen molar-refractivity contribution in [3.63, 3.8) is 0 Å². The predicted molar refractivity (Wildman–Crippen MR) is 114 cm³/mol. The summed E-state index contributed by atoms with van der Waals surface area (Å²) in [6.07, 6.45) is -0.608. The first-order chi connectivity index (χ1) is 14.1. The number of hydrogen-bond donors (Lipinski definition) is 1. The normalized spacial score (nSPS) is 11.4. The molecule has 3 aromatic rings. The van der Waals surface area contributed by atoms with E-state index in [-0.39, 0.29) is 5.91 Å². The zero-order valence-electron chi connectivity index (χ0n) is 16.6. The van der Waals surface area contributed by atoms with Crippen molar-refractivity contribution in [3.05, 3.63) is 84.4 Å². The Labute approximate surface area is 171 Å². The van der Waals surface area contributed by atoms with E-state index in [0.29, 0.717) is 30.4 Å². The Morgan fingerprint density at radius 3 is 1.97 bits per heavy atom. The van der Waals surface area contributed by atoms with Crippen LogP contribution in [0.5, 0.6) is 17.2 Å². The van der Waals surface area contributed by atoms with Crippen molar-refractivity contribution in [3.8, 4) is 17.2 Å². The number of ether oxygens (including phenoxy) is 3. The van der Waals surface area contributed by atoms with Crippen molar-refractivity contribution in [2.45, 2.75) is 20.0 Å². The van der Waals surface area contributed by atoms with Crippen molar-refractivity contribution in [2.75, 3.05) is 18.5 Å². The van der Waals surface area contributed by atoms with Crippen molar-refractivity contribution in [1.29, 1.82) is 0 Å². The van der Waals surface area contributed by atoms with Gasteiger partial charge in [0, 0.05) is 5.69 Å². The third-order valence-electron chi connectivity index (χ3n) is 4.19. The van der Waals surface area contributed by atoms with E-state index in [4.69, 9.17) is 14.2 Å². The molecule has 0 saturated heterocycles. The summed E-state index contributed by atoms with van der Waals surface area (Å²) in [5.74, 6) is 1.98. The van der Waals surface area contributed by atoms with Crippen LogP contribution in [0.25, 0.3) is 0 Å². The van der Waals surface area contributed by atoms with Crippen molar-refractivity contribution in [2.24, 2.45) is 0 Å². The number of para-hydroxylation sites is 1. The average Bonchev–Trinajstić information content (AvgIpc) is 2.74. The van der Waals surface area contributed by atoms with Crippen LogP contribution in [-0.4, -0.2) is 25.2 Å². The molecular formula is C24H25NO4. The smallest absolute Gasteiger partial charge is 0.265 e. The lowest BCUT2D eigenvalue weighted by atomic mass is 10.2. The third-order valence-corrected chi connectivity index (χ3v) is 4.19. The second-order valence-electron chi connectivity index (χ2n) is 6.60. The Morgan fingerprint density at radius 1 is 0.793 bits per heavy atom. The minimum absolute atomic E-state index is 0.212. The third kappa shape index (κ3) is 6.57. The molecule has 0 heterocycles. The molecule has 1 unspecified atom stereocenters. The van der Waals surface area contributed by atoms with Crippen LogP contribution >= 0.6 is 0 Å². The van der Waals surface area contributed by atoms with E-state index in [0.717, 1.165) is 11.3 Å². The summed E-state index contributed by atoms with van der Waals surface area (Å²) in [5, 5.41) is 2.85. The van der Waals surface area contributed by atoms with Crippen LogP contribution in [-0.2, 0) is 4.79 Å². The molecule has 29 heavy (non-hydrogen) atoms. The molecule has 0 aliphatic carbocycles. The van der Waals surface area contributed by atoms with Crippen molar-refractivity contribution in [1.82, 2.24) is 0 Å². The zero-order valence-corrected chi connectivity index (χ0v) is 16.6. The first kappa shape index (κ1) is 20.3. The minimum atomic E-state index is -0.608. The van der Waals surface area contributed by atoms with Crippen LogP contribution in [0.1, 0.15) is 12.5 Å². The first-order valence-electron chi connectivity index (χ1n) is 9.55. The van der Waals surface area contributed by atoms with Gasteiger partial charge in [-0.25, -0.2) is 0 Å². The number of carbonyl (C=O) groups excluding carboxylic acids is 1. The Bertz CT molecular complexity index is 892. The molecule has 0 radical (unpaired) electrons. The predicted octanol–water partition coefficient (Wildman–Crippen LogP) is 4.86. The van der Waals surface area contributed by atoms with Gasteiger partial charge in [-0.3, -0.25) is 4.79 Å². The topological polar surface area (TPSA) is 56.8 Å². The molecule has 150 valence electrons. The van der Waals surface area contributed by atoms with Crippen molar-refractivity contribution < 1.29 is 19.0 Å². The lowest BCUT2D eigenvalue weighted by Gasteiger charge is -2.15. The van der Waals surface area contributed by atoms with E-state index < -0.39 is 6.10 Å². The van der Waals surface area contributed by atoms with E-state index in [9.17, 15) is 4.79 Å². The van der Waals surface area contributed by atoms with Crippen LogP contribution in [0.2, 0.25) is 0 Å². The molecule has 0 aliphatic heterocycles. The molecule has 0 spiro atoms. The number of anilines is 1. The molecule has 1 N–H and O–H groups in total. The standard InChI is InChI=1S/C24H25NO4/c1-18-8-12-23(13-9-18)29-19(2)24(26)25-20-10-14-22(15-11-20)28-17-16-27-21-6-4-3-5-7-21/h3-15,19H,16-17H2,1-2H3,(H,25,26). The lowest BCUT2D eigenvalue weighted by molar-refractivity contribution is -0.122. The Morgan fingerprint density at radius 2 is 1.34 bits per heavy atom. The maximum absolute atomic E-state index is 12.3. The summed E-state index contributed by atoms with van der Waals surface area (Å²) >= 11 is 0. The fourth-order valence-corrected chi connectivity index (χ4v) is 2.59. The number of benzene rings is 3.